The summed E-state index contributed by atoms with van der Waals surface area (Å²) in [5.41, 5.74) is 6.49. The van der Waals surface area contributed by atoms with Crippen molar-refractivity contribution in [3.63, 3.8) is 0 Å². The van der Waals surface area contributed by atoms with E-state index in [1.54, 1.807) is 33.8 Å². The van der Waals surface area contributed by atoms with Gasteiger partial charge in [0, 0.05) is 51.8 Å². The SMILES string of the molecule is CCCCCCCCCCCCc1c2cc(-c3ccc(C4=C5C(=C(c6ccc(C)s6)C(=O)N5CC(CCCC)CCCCCC)N(CC(CCCC)CCCCCC)C4=O)s3)sc2c(CCCCCCCCCCCC)c2cc(C)sc12. The molecule has 454 valence electrons. The third kappa shape index (κ3) is 18.5. The van der Waals surface area contributed by atoms with Gasteiger partial charge in [-0.25, -0.2) is 0 Å². The molecule has 5 aromatic rings. The normalized spacial score (nSPS) is 14.6. The summed E-state index contributed by atoms with van der Waals surface area (Å²) in [5, 5.41) is 3.00. The molecule has 2 atom stereocenters. The van der Waals surface area contributed by atoms with Crippen LogP contribution in [0.2, 0.25) is 0 Å². The fourth-order valence-corrected chi connectivity index (χ4v) is 18.0. The number of hydrogen-bond donors (Lipinski definition) is 0. The molecule has 0 N–H and O–H groups in total. The van der Waals surface area contributed by atoms with E-state index in [-0.39, 0.29) is 11.8 Å². The lowest BCUT2D eigenvalue weighted by Crippen LogP contribution is -2.32. The summed E-state index contributed by atoms with van der Waals surface area (Å²) in [5.74, 6) is 0.987. The molecular weight excluding hydrogens is 1080 g/mol. The van der Waals surface area contributed by atoms with Crippen LogP contribution in [-0.2, 0) is 22.4 Å². The first-order valence-corrected chi connectivity index (χ1v) is 37.7. The average Bonchev–Trinajstić information content (AvgIpc) is 4.25. The number of carbonyl (C=O) groups excluding carboxylic acids is 2. The first-order chi connectivity index (χ1) is 40.2. The smallest absolute Gasteiger partial charge is 0.262 e. The predicted molar refractivity (Wildman–Crippen MR) is 366 cm³/mol. The Balaban J connectivity index is 1.28. The lowest BCUT2D eigenvalue weighted by Gasteiger charge is -2.27. The van der Waals surface area contributed by atoms with Gasteiger partial charge in [-0.15, -0.1) is 45.3 Å². The van der Waals surface area contributed by atoms with E-state index in [2.05, 4.69) is 102 Å². The van der Waals surface area contributed by atoms with Gasteiger partial charge in [-0.2, -0.15) is 0 Å². The van der Waals surface area contributed by atoms with E-state index in [1.807, 2.05) is 22.7 Å². The van der Waals surface area contributed by atoms with Crippen LogP contribution in [0.5, 0.6) is 0 Å². The second-order valence-electron chi connectivity index (χ2n) is 25.3. The molecule has 0 saturated heterocycles. The second kappa shape index (κ2) is 36.2. The maximum Gasteiger partial charge on any atom is 0.262 e. The van der Waals surface area contributed by atoms with Crippen molar-refractivity contribution in [1.29, 1.82) is 0 Å². The molecule has 1 aromatic carbocycles. The Morgan fingerprint density at radius 3 is 1.16 bits per heavy atom. The Labute approximate surface area is 516 Å². The van der Waals surface area contributed by atoms with E-state index in [1.165, 1.54) is 219 Å². The van der Waals surface area contributed by atoms with Gasteiger partial charge >= 0.3 is 0 Å². The van der Waals surface area contributed by atoms with Crippen molar-refractivity contribution in [2.75, 3.05) is 13.1 Å². The summed E-state index contributed by atoms with van der Waals surface area (Å²) >= 11 is 7.57. The monoisotopic (exact) mass is 1190 g/mol. The molecule has 8 heteroatoms. The number of thiophene rings is 4. The molecule has 2 aliphatic rings. The number of unbranched alkanes of at least 4 members (excludes halogenated alkanes) is 26. The van der Waals surface area contributed by atoms with Crippen molar-refractivity contribution in [1.82, 2.24) is 9.80 Å². The molecule has 2 aliphatic heterocycles. The highest BCUT2D eigenvalue weighted by Crippen LogP contribution is 2.52. The van der Waals surface area contributed by atoms with Crippen LogP contribution in [0.25, 0.3) is 41.1 Å². The molecule has 6 heterocycles. The van der Waals surface area contributed by atoms with E-state index in [9.17, 15) is 0 Å². The number of fused-ring (bicyclic) bond motifs is 3. The van der Waals surface area contributed by atoms with Crippen LogP contribution >= 0.6 is 45.3 Å². The average molecular weight is 1190 g/mol. The Hall–Kier alpha value is -3.04. The van der Waals surface area contributed by atoms with Gasteiger partial charge in [0.05, 0.1) is 22.5 Å². The summed E-state index contributed by atoms with van der Waals surface area (Å²) in [4.78, 5) is 43.0. The zero-order chi connectivity index (χ0) is 58.1. The molecule has 0 fully saturated rings. The molecule has 0 bridgehead atoms. The van der Waals surface area contributed by atoms with Gasteiger partial charge in [0.2, 0.25) is 0 Å². The minimum atomic E-state index is 0.103. The van der Waals surface area contributed by atoms with Crippen LogP contribution in [-0.4, -0.2) is 34.7 Å². The number of amides is 2. The van der Waals surface area contributed by atoms with Gasteiger partial charge in [0.15, 0.2) is 0 Å². The number of aryl methyl sites for hydroxylation is 4. The zero-order valence-electron chi connectivity index (χ0n) is 53.2. The Morgan fingerprint density at radius 1 is 0.354 bits per heavy atom. The zero-order valence-corrected chi connectivity index (χ0v) is 56.5. The molecule has 4 aromatic heterocycles. The summed E-state index contributed by atoms with van der Waals surface area (Å²) in [6.07, 6.45) is 48.2. The lowest BCUT2D eigenvalue weighted by molar-refractivity contribution is -0.123. The molecule has 0 saturated carbocycles. The quantitative estimate of drug-likeness (QED) is 0.0365. The van der Waals surface area contributed by atoms with Gasteiger partial charge < -0.3 is 9.80 Å². The molecule has 2 amide bonds. The molecule has 0 radical (unpaired) electrons. The van der Waals surface area contributed by atoms with Crippen molar-refractivity contribution in [2.45, 2.75) is 299 Å². The van der Waals surface area contributed by atoms with Crippen molar-refractivity contribution < 1.29 is 9.59 Å². The molecule has 82 heavy (non-hydrogen) atoms. The lowest BCUT2D eigenvalue weighted by atomic mass is 9.94. The van der Waals surface area contributed by atoms with Crippen molar-refractivity contribution in [3.05, 3.63) is 78.4 Å². The minimum absolute atomic E-state index is 0.103. The Morgan fingerprint density at radius 2 is 0.720 bits per heavy atom. The molecule has 0 spiro atoms. The highest BCUT2D eigenvalue weighted by atomic mass is 32.1. The highest BCUT2D eigenvalue weighted by molar-refractivity contribution is 7.27. The largest absolute Gasteiger partial charge is 0.305 e. The summed E-state index contributed by atoms with van der Waals surface area (Å²) in [6, 6.07) is 14.0. The van der Waals surface area contributed by atoms with Gasteiger partial charge in [-0.3, -0.25) is 9.59 Å². The topological polar surface area (TPSA) is 40.6 Å². The van der Waals surface area contributed by atoms with Gasteiger partial charge in [-0.05, 0) is 135 Å². The number of benzene rings is 1. The van der Waals surface area contributed by atoms with Gasteiger partial charge in [0.25, 0.3) is 11.8 Å². The standard InChI is InChI=1S/C74H112N2O2S4/c1-9-15-21-25-27-29-31-33-35-39-45-59-61-51-56(8)80-71(61)60(46-40-36-34-32-30-28-26-22-16-10-2)62-52-66(82-72(59)62)63-49-50-65(81-63)68-70-69(75(74(68)78)53-57(41-19-13-5)43-37-23-17-11-3)67(64-48-47-55(7)79-64)73(77)76(70)54-58(42-20-14-6)44-38-24-18-12-4/h47-52,57-58H,9-46,53-54H2,1-8H3. The molecule has 7 rings (SSSR count). The predicted octanol–water partition coefficient (Wildman–Crippen LogP) is 24.8. The van der Waals surface area contributed by atoms with E-state index in [0.29, 0.717) is 24.9 Å². The summed E-state index contributed by atoms with van der Waals surface area (Å²) in [7, 11) is 0. The number of rotatable bonds is 45. The van der Waals surface area contributed by atoms with E-state index in [4.69, 9.17) is 0 Å². The van der Waals surface area contributed by atoms with Crippen molar-refractivity contribution in [3.8, 4) is 9.75 Å². The maximum atomic E-state index is 15.9. The fourth-order valence-electron chi connectivity index (χ4n) is 13.5. The van der Waals surface area contributed by atoms with E-state index >= 15 is 9.59 Å². The Kier molecular flexibility index (Phi) is 29.3. The number of carbonyl (C=O) groups is 2. The van der Waals surface area contributed by atoms with Crippen LogP contribution in [0.15, 0.2) is 47.8 Å². The third-order valence-corrected chi connectivity index (χ3v) is 23.0. The Bertz CT molecular complexity index is 2680. The third-order valence-electron chi connectivity index (χ3n) is 18.3. The van der Waals surface area contributed by atoms with Crippen LogP contribution in [0, 0.1) is 25.7 Å². The van der Waals surface area contributed by atoms with Crippen LogP contribution in [0.4, 0.5) is 0 Å². The molecule has 0 aliphatic carbocycles. The van der Waals surface area contributed by atoms with E-state index in [0.717, 1.165) is 96.5 Å². The molecule has 4 nitrogen and oxygen atoms in total. The van der Waals surface area contributed by atoms with Crippen molar-refractivity contribution in [2.24, 2.45) is 11.8 Å². The second-order valence-corrected chi connectivity index (χ2v) is 30.0. The van der Waals surface area contributed by atoms with E-state index < -0.39 is 0 Å². The summed E-state index contributed by atoms with van der Waals surface area (Å²) in [6.45, 7) is 19.6. The summed E-state index contributed by atoms with van der Waals surface area (Å²) < 4.78 is 3.04. The van der Waals surface area contributed by atoms with Crippen LogP contribution in [0.1, 0.15) is 303 Å². The highest BCUT2D eigenvalue weighted by Gasteiger charge is 2.50. The fraction of sp³-hybridized carbons (Fsp3) is 0.676. The van der Waals surface area contributed by atoms with Gasteiger partial charge in [0.1, 0.15) is 0 Å². The first kappa shape index (κ1) is 66.5. The minimum Gasteiger partial charge on any atom is -0.305 e. The number of nitrogens with zero attached hydrogens (tertiary/aromatic N) is 2. The number of hydrogen-bond acceptors (Lipinski definition) is 6. The van der Waals surface area contributed by atoms with Crippen molar-refractivity contribution >= 4 is 88.5 Å². The maximum absolute atomic E-state index is 15.9. The molecule has 2 unspecified atom stereocenters. The molecular formula is C74H112N2O2S4. The van der Waals surface area contributed by atoms with Crippen LogP contribution in [0.3, 0.4) is 0 Å². The van der Waals surface area contributed by atoms with Gasteiger partial charge in [-0.1, -0.05) is 234 Å². The first-order valence-electron chi connectivity index (χ1n) is 34.4. The van der Waals surface area contributed by atoms with Crippen LogP contribution < -0.4 is 0 Å².